The van der Waals surface area contributed by atoms with E-state index in [9.17, 15) is 4.79 Å². The molecule has 3 nitrogen and oxygen atoms in total. The minimum Gasteiger partial charge on any atom is -0.355 e. The highest BCUT2D eigenvalue weighted by Gasteiger charge is 2.33. The lowest BCUT2D eigenvalue weighted by Gasteiger charge is -2.31. The first kappa shape index (κ1) is 18.8. The number of amides is 1. The Kier molecular flexibility index (Phi) is 7.55. The van der Waals surface area contributed by atoms with Gasteiger partial charge in [0.15, 0.2) is 0 Å². The summed E-state index contributed by atoms with van der Waals surface area (Å²) in [6, 6.07) is 0. The summed E-state index contributed by atoms with van der Waals surface area (Å²) in [5.74, 6) is 0.732. The number of carbonyl (C=O) groups is 1. The number of nitrogens with two attached hydrogens (primary N) is 1. The van der Waals surface area contributed by atoms with Crippen molar-refractivity contribution in [2.45, 2.75) is 70.5 Å². The van der Waals surface area contributed by atoms with E-state index in [1.807, 2.05) is 11.8 Å². The van der Waals surface area contributed by atoms with E-state index in [0.717, 1.165) is 19.4 Å². The van der Waals surface area contributed by atoms with Gasteiger partial charge in [-0.1, -0.05) is 33.6 Å². The van der Waals surface area contributed by atoms with Gasteiger partial charge in [-0.2, -0.15) is 11.8 Å². The Labute approximate surface area is 135 Å². The minimum atomic E-state index is 0.210. The van der Waals surface area contributed by atoms with Crippen molar-refractivity contribution in [2.75, 3.05) is 19.3 Å². The largest absolute Gasteiger partial charge is 0.355 e. The predicted octanol–water partition coefficient (Wildman–Crippen LogP) is 3.57. The molecule has 0 bridgehead atoms. The second kappa shape index (κ2) is 8.42. The molecule has 0 spiro atoms. The average molecular weight is 315 g/mol. The first-order valence-electron chi connectivity index (χ1n) is 8.35. The Hall–Kier alpha value is -0.220. The van der Waals surface area contributed by atoms with E-state index in [1.54, 1.807) is 0 Å². The normalized spacial score (nSPS) is 19.5. The second-order valence-corrected chi connectivity index (χ2v) is 8.82. The van der Waals surface area contributed by atoms with Gasteiger partial charge < -0.3 is 11.1 Å². The van der Waals surface area contributed by atoms with E-state index in [1.165, 1.54) is 25.7 Å². The zero-order valence-electron chi connectivity index (χ0n) is 14.3. The van der Waals surface area contributed by atoms with Gasteiger partial charge in [0.05, 0.1) is 0 Å². The summed E-state index contributed by atoms with van der Waals surface area (Å²) in [7, 11) is 0. The molecule has 4 heteroatoms. The molecule has 1 amide bonds. The average Bonchev–Trinajstić information content (AvgIpc) is 2.89. The summed E-state index contributed by atoms with van der Waals surface area (Å²) < 4.78 is 0.302. The molecule has 1 rings (SSSR count). The molecule has 0 radical (unpaired) electrons. The molecule has 0 saturated heterocycles. The van der Waals surface area contributed by atoms with Crippen LogP contribution in [0.15, 0.2) is 0 Å². The van der Waals surface area contributed by atoms with Gasteiger partial charge >= 0.3 is 0 Å². The van der Waals surface area contributed by atoms with Crippen LogP contribution in [0.3, 0.4) is 0 Å². The Morgan fingerprint density at radius 1 is 1.29 bits per heavy atom. The lowest BCUT2D eigenvalue weighted by atomic mass is 9.76. The summed E-state index contributed by atoms with van der Waals surface area (Å²) >= 11 is 1.93. The van der Waals surface area contributed by atoms with Crippen LogP contribution in [0.4, 0.5) is 0 Å². The van der Waals surface area contributed by atoms with Crippen LogP contribution in [0.5, 0.6) is 0 Å². The fourth-order valence-corrected chi connectivity index (χ4v) is 4.25. The molecule has 0 heterocycles. The van der Waals surface area contributed by atoms with Gasteiger partial charge in [0.2, 0.25) is 5.91 Å². The van der Waals surface area contributed by atoms with Crippen molar-refractivity contribution >= 4 is 17.7 Å². The van der Waals surface area contributed by atoms with Crippen LogP contribution in [-0.4, -0.2) is 30.0 Å². The summed E-state index contributed by atoms with van der Waals surface area (Å²) in [5, 5.41) is 3.17. The van der Waals surface area contributed by atoms with Crippen LogP contribution >= 0.6 is 11.8 Å². The molecule has 0 aromatic rings. The standard InChI is InChI=1S/C17H34N2OS/c1-16(2,3)14(9-12-18)7-8-15(20)19-13-17(21-4)10-5-6-11-17/h14H,5-13,18H2,1-4H3,(H,19,20). The SMILES string of the molecule is CSC1(CNC(=O)CCC(CCN)C(C)(C)C)CCCC1. The molecule has 21 heavy (non-hydrogen) atoms. The van der Waals surface area contributed by atoms with Gasteiger partial charge in [-0.05, 0) is 49.8 Å². The van der Waals surface area contributed by atoms with Gasteiger partial charge in [0, 0.05) is 17.7 Å². The van der Waals surface area contributed by atoms with Crippen molar-refractivity contribution in [1.29, 1.82) is 0 Å². The molecule has 1 saturated carbocycles. The highest BCUT2D eigenvalue weighted by atomic mass is 32.2. The maximum absolute atomic E-state index is 12.1. The van der Waals surface area contributed by atoms with E-state index in [-0.39, 0.29) is 11.3 Å². The fraction of sp³-hybridized carbons (Fsp3) is 0.941. The van der Waals surface area contributed by atoms with Crippen LogP contribution in [0.25, 0.3) is 0 Å². The van der Waals surface area contributed by atoms with Crippen molar-refractivity contribution in [3.8, 4) is 0 Å². The molecule has 0 aliphatic heterocycles. The van der Waals surface area contributed by atoms with Crippen LogP contribution in [-0.2, 0) is 4.79 Å². The third-order valence-corrected chi connectivity index (χ3v) is 6.43. The maximum atomic E-state index is 12.1. The van der Waals surface area contributed by atoms with Crippen LogP contribution in [0, 0.1) is 11.3 Å². The van der Waals surface area contributed by atoms with E-state index in [0.29, 0.717) is 23.6 Å². The molecule has 124 valence electrons. The Morgan fingerprint density at radius 2 is 1.90 bits per heavy atom. The first-order valence-corrected chi connectivity index (χ1v) is 9.57. The molecule has 1 aliphatic carbocycles. The predicted molar refractivity (Wildman–Crippen MR) is 93.6 cm³/mol. The lowest BCUT2D eigenvalue weighted by Crippen LogP contribution is -2.38. The third-order valence-electron chi connectivity index (χ3n) is 5.02. The Morgan fingerprint density at radius 3 is 2.38 bits per heavy atom. The van der Waals surface area contributed by atoms with E-state index >= 15 is 0 Å². The molecular formula is C17H34N2OS. The highest BCUT2D eigenvalue weighted by molar-refractivity contribution is 8.00. The summed E-state index contributed by atoms with van der Waals surface area (Å²) in [5.41, 5.74) is 5.93. The molecule has 1 fully saturated rings. The Bertz CT molecular complexity index is 319. The number of carbonyl (C=O) groups excluding carboxylic acids is 1. The summed E-state index contributed by atoms with van der Waals surface area (Å²) in [4.78, 5) is 12.1. The van der Waals surface area contributed by atoms with Crippen molar-refractivity contribution in [2.24, 2.45) is 17.1 Å². The highest BCUT2D eigenvalue weighted by Crippen LogP contribution is 2.39. The van der Waals surface area contributed by atoms with Gasteiger partial charge in [-0.3, -0.25) is 4.79 Å². The zero-order valence-corrected chi connectivity index (χ0v) is 15.2. The number of hydrogen-bond donors (Lipinski definition) is 2. The maximum Gasteiger partial charge on any atom is 0.220 e. The molecule has 1 aliphatic rings. The van der Waals surface area contributed by atoms with Crippen LogP contribution in [0.1, 0.15) is 65.7 Å². The van der Waals surface area contributed by atoms with Crippen LogP contribution in [0.2, 0.25) is 0 Å². The van der Waals surface area contributed by atoms with E-state index < -0.39 is 0 Å². The monoisotopic (exact) mass is 314 g/mol. The van der Waals surface area contributed by atoms with Crippen molar-refractivity contribution in [3.05, 3.63) is 0 Å². The van der Waals surface area contributed by atoms with Crippen molar-refractivity contribution in [1.82, 2.24) is 5.32 Å². The fourth-order valence-electron chi connectivity index (χ4n) is 3.34. The molecule has 1 unspecified atom stereocenters. The number of nitrogens with one attached hydrogen (secondary N) is 1. The van der Waals surface area contributed by atoms with Gasteiger partial charge in [0.25, 0.3) is 0 Å². The topological polar surface area (TPSA) is 55.1 Å². The molecule has 0 aromatic heterocycles. The molecular weight excluding hydrogens is 280 g/mol. The molecule has 3 N–H and O–H groups in total. The number of rotatable bonds is 8. The smallest absolute Gasteiger partial charge is 0.220 e. The Balaban J connectivity index is 2.36. The minimum absolute atomic E-state index is 0.210. The number of thioether (sulfide) groups is 1. The van der Waals surface area contributed by atoms with Gasteiger partial charge in [-0.15, -0.1) is 0 Å². The number of hydrogen-bond acceptors (Lipinski definition) is 3. The van der Waals surface area contributed by atoms with Gasteiger partial charge in [0.1, 0.15) is 0 Å². The third kappa shape index (κ3) is 6.19. The summed E-state index contributed by atoms with van der Waals surface area (Å²) in [6.45, 7) is 8.27. The summed E-state index contributed by atoms with van der Waals surface area (Å²) in [6.07, 6.45) is 9.85. The van der Waals surface area contributed by atoms with Crippen molar-refractivity contribution in [3.63, 3.8) is 0 Å². The lowest BCUT2D eigenvalue weighted by molar-refractivity contribution is -0.121. The van der Waals surface area contributed by atoms with E-state index in [4.69, 9.17) is 5.73 Å². The first-order chi connectivity index (χ1) is 9.83. The van der Waals surface area contributed by atoms with Crippen molar-refractivity contribution < 1.29 is 4.79 Å². The van der Waals surface area contributed by atoms with E-state index in [2.05, 4.69) is 32.3 Å². The van der Waals surface area contributed by atoms with Crippen LogP contribution < -0.4 is 11.1 Å². The zero-order chi connectivity index (χ0) is 15.9. The molecule has 1 atom stereocenters. The molecule has 0 aromatic carbocycles. The quantitative estimate of drug-likeness (QED) is 0.720. The van der Waals surface area contributed by atoms with Gasteiger partial charge in [-0.25, -0.2) is 0 Å². The second-order valence-electron chi connectivity index (χ2n) is 7.55.